The minimum atomic E-state index is -0.308. The average molecular weight is 261 g/mol. The van der Waals surface area contributed by atoms with E-state index in [-0.39, 0.29) is 6.04 Å². The smallest absolute Gasteiger partial charge is 0.158 e. The largest absolute Gasteiger partial charge is 0.275 e. The maximum Gasteiger partial charge on any atom is 0.158 e. The van der Waals surface area contributed by atoms with E-state index >= 15 is 0 Å². The van der Waals surface area contributed by atoms with E-state index in [1.807, 2.05) is 53.5 Å². The van der Waals surface area contributed by atoms with Gasteiger partial charge in [-0.1, -0.05) is 60.7 Å². The molecule has 1 heterocycles. The number of hydrazone groups is 1. The third-order valence-electron chi connectivity index (χ3n) is 3.47. The summed E-state index contributed by atoms with van der Waals surface area (Å²) in [6.45, 7) is 0.789. The fraction of sp³-hybridized carbons (Fsp3) is 0.176. The molecule has 0 saturated heterocycles. The third kappa shape index (κ3) is 2.41. The maximum atomic E-state index is 9.44. The van der Waals surface area contributed by atoms with Crippen LogP contribution < -0.4 is 0 Å². The Balaban J connectivity index is 1.86. The van der Waals surface area contributed by atoms with E-state index in [0.717, 1.165) is 29.8 Å². The minimum absolute atomic E-state index is 0.308. The lowest BCUT2D eigenvalue weighted by Crippen LogP contribution is -2.19. The van der Waals surface area contributed by atoms with E-state index in [1.54, 1.807) is 0 Å². The van der Waals surface area contributed by atoms with Crippen LogP contribution in [0.15, 0.2) is 65.8 Å². The fourth-order valence-corrected chi connectivity index (χ4v) is 2.44. The van der Waals surface area contributed by atoms with Gasteiger partial charge in [-0.3, -0.25) is 5.01 Å². The monoisotopic (exact) mass is 261 g/mol. The molecule has 98 valence electrons. The number of nitrogens with zero attached hydrogens (tertiary/aromatic N) is 3. The molecule has 1 aliphatic heterocycles. The van der Waals surface area contributed by atoms with Gasteiger partial charge in [0.1, 0.15) is 0 Å². The summed E-state index contributed by atoms with van der Waals surface area (Å²) in [5.74, 6) is 0. The number of hydrogen-bond acceptors (Lipinski definition) is 3. The van der Waals surface area contributed by atoms with Crippen LogP contribution in [-0.2, 0) is 0 Å². The molecular weight excluding hydrogens is 246 g/mol. The van der Waals surface area contributed by atoms with Crippen molar-refractivity contribution in [2.24, 2.45) is 5.10 Å². The van der Waals surface area contributed by atoms with Gasteiger partial charge in [-0.05, 0) is 11.1 Å². The van der Waals surface area contributed by atoms with Gasteiger partial charge in [0.15, 0.2) is 6.04 Å². The predicted octanol–water partition coefficient (Wildman–Crippen LogP) is 3.36. The number of nitriles is 1. The van der Waals surface area contributed by atoms with Gasteiger partial charge < -0.3 is 0 Å². The lowest BCUT2D eigenvalue weighted by atomic mass is 10.1. The molecule has 3 rings (SSSR count). The first kappa shape index (κ1) is 12.4. The summed E-state index contributed by atoms with van der Waals surface area (Å²) in [4.78, 5) is 0. The molecule has 1 aliphatic rings. The first-order valence-electron chi connectivity index (χ1n) is 6.72. The van der Waals surface area contributed by atoms with Gasteiger partial charge in [-0.25, -0.2) is 0 Å². The highest BCUT2D eigenvalue weighted by atomic mass is 15.5. The van der Waals surface area contributed by atoms with Gasteiger partial charge in [-0.15, -0.1) is 0 Å². The molecule has 0 spiro atoms. The van der Waals surface area contributed by atoms with Crippen molar-refractivity contribution >= 4 is 5.71 Å². The first-order chi connectivity index (χ1) is 9.88. The Kier molecular flexibility index (Phi) is 3.47. The molecule has 0 amide bonds. The van der Waals surface area contributed by atoms with Crippen molar-refractivity contribution < 1.29 is 0 Å². The topological polar surface area (TPSA) is 39.4 Å². The Labute approximate surface area is 118 Å². The Morgan fingerprint density at radius 1 is 1.00 bits per heavy atom. The van der Waals surface area contributed by atoms with Gasteiger partial charge in [-0.2, -0.15) is 10.4 Å². The van der Waals surface area contributed by atoms with E-state index < -0.39 is 0 Å². The second kappa shape index (κ2) is 5.58. The zero-order valence-corrected chi connectivity index (χ0v) is 11.1. The molecule has 0 N–H and O–H groups in total. The zero-order valence-electron chi connectivity index (χ0n) is 11.1. The normalized spacial score (nSPS) is 15.6. The van der Waals surface area contributed by atoms with Crippen molar-refractivity contribution in [1.29, 1.82) is 5.26 Å². The Morgan fingerprint density at radius 3 is 2.30 bits per heavy atom. The third-order valence-corrected chi connectivity index (χ3v) is 3.47. The van der Waals surface area contributed by atoms with Crippen molar-refractivity contribution in [3.05, 3.63) is 71.8 Å². The van der Waals surface area contributed by atoms with Gasteiger partial charge >= 0.3 is 0 Å². The summed E-state index contributed by atoms with van der Waals surface area (Å²) in [7, 11) is 0. The lowest BCUT2D eigenvalue weighted by Gasteiger charge is -2.20. The molecule has 2 aromatic carbocycles. The van der Waals surface area contributed by atoms with Gasteiger partial charge in [0.25, 0.3) is 0 Å². The molecule has 0 saturated carbocycles. The van der Waals surface area contributed by atoms with Crippen LogP contribution in [0.5, 0.6) is 0 Å². The van der Waals surface area contributed by atoms with E-state index in [2.05, 4.69) is 23.3 Å². The summed E-state index contributed by atoms with van der Waals surface area (Å²) in [6.07, 6.45) is 0.884. The highest BCUT2D eigenvalue weighted by Gasteiger charge is 2.24. The second-order valence-electron chi connectivity index (χ2n) is 4.77. The van der Waals surface area contributed by atoms with E-state index in [1.165, 1.54) is 0 Å². The Morgan fingerprint density at radius 2 is 1.65 bits per heavy atom. The Bertz CT molecular complexity index is 641. The van der Waals surface area contributed by atoms with Gasteiger partial charge in [0.2, 0.25) is 0 Å². The van der Waals surface area contributed by atoms with Crippen LogP contribution in [0.1, 0.15) is 23.6 Å². The molecule has 3 nitrogen and oxygen atoms in total. The zero-order chi connectivity index (χ0) is 13.8. The molecule has 0 unspecified atom stereocenters. The van der Waals surface area contributed by atoms with Crippen LogP contribution in [-0.4, -0.2) is 17.3 Å². The van der Waals surface area contributed by atoms with Crippen molar-refractivity contribution in [2.75, 3.05) is 6.54 Å². The van der Waals surface area contributed by atoms with Gasteiger partial charge in [0, 0.05) is 13.0 Å². The lowest BCUT2D eigenvalue weighted by molar-refractivity contribution is 0.275. The average Bonchev–Trinajstić information content (AvgIpc) is 3.00. The summed E-state index contributed by atoms with van der Waals surface area (Å²) in [6, 6.07) is 22.0. The van der Waals surface area contributed by atoms with Crippen LogP contribution in [0.4, 0.5) is 0 Å². The first-order valence-corrected chi connectivity index (χ1v) is 6.72. The van der Waals surface area contributed by atoms with Crippen molar-refractivity contribution in [1.82, 2.24) is 5.01 Å². The van der Waals surface area contributed by atoms with Crippen molar-refractivity contribution in [3.63, 3.8) is 0 Å². The van der Waals surface area contributed by atoms with Crippen molar-refractivity contribution in [3.8, 4) is 6.07 Å². The molecule has 0 aliphatic carbocycles. The number of benzene rings is 2. The molecule has 0 aromatic heterocycles. The van der Waals surface area contributed by atoms with Crippen LogP contribution in [0, 0.1) is 11.3 Å². The molecule has 20 heavy (non-hydrogen) atoms. The minimum Gasteiger partial charge on any atom is -0.275 e. The molecule has 0 radical (unpaired) electrons. The number of hydrogen-bond donors (Lipinski definition) is 0. The molecule has 2 aromatic rings. The van der Waals surface area contributed by atoms with Crippen LogP contribution >= 0.6 is 0 Å². The summed E-state index contributed by atoms with van der Waals surface area (Å²) in [5.41, 5.74) is 3.19. The predicted molar refractivity (Wildman–Crippen MR) is 79.1 cm³/mol. The van der Waals surface area contributed by atoms with E-state index in [9.17, 15) is 5.26 Å². The molecule has 3 heteroatoms. The summed E-state index contributed by atoms with van der Waals surface area (Å²) in [5, 5.41) is 16.0. The Hall–Kier alpha value is -2.60. The maximum absolute atomic E-state index is 9.44. The summed E-state index contributed by atoms with van der Waals surface area (Å²) < 4.78 is 0. The van der Waals surface area contributed by atoms with Crippen LogP contribution in [0.3, 0.4) is 0 Å². The van der Waals surface area contributed by atoms with Crippen molar-refractivity contribution in [2.45, 2.75) is 12.5 Å². The van der Waals surface area contributed by atoms with Gasteiger partial charge in [0.05, 0.1) is 11.8 Å². The highest BCUT2D eigenvalue weighted by molar-refractivity contribution is 6.01. The van der Waals surface area contributed by atoms with Crippen LogP contribution in [0.25, 0.3) is 0 Å². The molecule has 0 bridgehead atoms. The SMILES string of the molecule is N#C[C@H](c1ccccc1)N1CCC(c2ccccc2)=N1. The number of rotatable bonds is 3. The highest BCUT2D eigenvalue weighted by Crippen LogP contribution is 2.25. The standard InChI is InChI=1S/C17H15N3/c18-13-17(15-9-5-2-6-10-15)20-12-11-16(19-20)14-7-3-1-4-8-14/h1-10,17H,11-12H2/t17-/m1/s1. The van der Waals surface area contributed by atoms with Crippen LogP contribution in [0.2, 0.25) is 0 Å². The fourth-order valence-electron chi connectivity index (χ4n) is 2.44. The van der Waals surface area contributed by atoms with E-state index in [0.29, 0.717) is 0 Å². The molecule has 0 fully saturated rings. The molecular formula is C17H15N3. The quantitative estimate of drug-likeness (QED) is 0.849. The second-order valence-corrected chi connectivity index (χ2v) is 4.77. The molecule has 1 atom stereocenters. The summed E-state index contributed by atoms with van der Waals surface area (Å²) >= 11 is 0. The van der Waals surface area contributed by atoms with E-state index in [4.69, 9.17) is 0 Å².